The van der Waals surface area contributed by atoms with Crippen molar-refractivity contribution in [2.24, 2.45) is 0 Å². The quantitative estimate of drug-likeness (QED) is 0.928. The van der Waals surface area contributed by atoms with Crippen LogP contribution in [0.25, 0.3) is 10.8 Å². The normalized spacial score (nSPS) is 19.1. The van der Waals surface area contributed by atoms with E-state index in [2.05, 4.69) is 52.7 Å². The van der Waals surface area contributed by atoms with E-state index in [0.29, 0.717) is 6.04 Å². The van der Waals surface area contributed by atoms with Crippen molar-refractivity contribution >= 4 is 23.2 Å². The molecule has 3 heteroatoms. The van der Waals surface area contributed by atoms with E-state index in [1.165, 1.54) is 35.7 Å². The van der Waals surface area contributed by atoms with E-state index in [0.717, 1.165) is 13.1 Å². The van der Waals surface area contributed by atoms with Gasteiger partial charge in [-0.1, -0.05) is 36.4 Å². The van der Waals surface area contributed by atoms with E-state index in [1.54, 1.807) is 0 Å². The van der Waals surface area contributed by atoms with Crippen LogP contribution in [0.5, 0.6) is 0 Å². The number of halogens is 1. The molecule has 2 aromatic rings. The van der Waals surface area contributed by atoms with Crippen LogP contribution >= 0.6 is 12.4 Å². The van der Waals surface area contributed by atoms with Crippen molar-refractivity contribution in [3.63, 3.8) is 0 Å². The molecule has 1 fully saturated rings. The predicted octanol–water partition coefficient (Wildman–Crippen LogP) is 3.45. The Labute approximate surface area is 127 Å². The summed E-state index contributed by atoms with van der Waals surface area (Å²) in [5.74, 6) is 0. The lowest BCUT2D eigenvalue weighted by molar-refractivity contribution is 0.242. The zero-order valence-corrected chi connectivity index (χ0v) is 12.8. The van der Waals surface area contributed by atoms with Crippen molar-refractivity contribution in [3.05, 3.63) is 48.0 Å². The van der Waals surface area contributed by atoms with Crippen LogP contribution in [0.1, 0.15) is 18.4 Å². The summed E-state index contributed by atoms with van der Waals surface area (Å²) in [5, 5.41) is 6.00. The SMILES string of the molecule is CNCC1CCCN1Cc1ccc2ccccc2c1.Cl. The number of likely N-dealkylation sites (tertiary alicyclic amines) is 1. The first-order chi connectivity index (χ1) is 9.36. The zero-order valence-electron chi connectivity index (χ0n) is 12.0. The Morgan fingerprint density at radius 3 is 2.75 bits per heavy atom. The summed E-state index contributed by atoms with van der Waals surface area (Å²) in [4.78, 5) is 2.61. The fourth-order valence-corrected chi connectivity index (χ4v) is 3.14. The van der Waals surface area contributed by atoms with Gasteiger partial charge in [-0.2, -0.15) is 0 Å². The average Bonchev–Trinajstić information content (AvgIpc) is 2.86. The second kappa shape index (κ2) is 7.07. The molecule has 0 aliphatic carbocycles. The molecule has 1 aliphatic rings. The van der Waals surface area contributed by atoms with Crippen LogP contribution in [0.4, 0.5) is 0 Å². The lowest BCUT2D eigenvalue weighted by Gasteiger charge is -2.24. The van der Waals surface area contributed by atoms with Crippen molar-refractivity contribution in [1.29, 1.82) is 0 Å². The number of nitrogens with zero attached hydrogens (tertiary/aromatic N) is 1. The van der Waals surface area contributed by atoms with Gasteiger partial charge in [0.2, 0.25) is 0 Å². The van der Waals surface area contributed by atoms with Crippen LogP contribution in [0, 0.1) is 0 Å². The zero-order chi connectivity index (χ0) is 13.1. The van der Waals surface area contributed by atoms with Gasteiger partial charge in [-0.05, 0) is 48.8 Å². The summed E-state index contributed by atoms with van der Waals surface area (Å²) in [5.41, 5.74) is 1.43. The van der Waals surface area contributed by atoms with Gasteiger partial charge < -0.3 is 5.32 Å². The third-order valence-corrected chi connectivity index (χ3v) is 4.14. The molecule has 1 N–H and O–H groups in total. The molecule has 0 bridgehead atoms. The minimum Gasteiger partial charge on any atom is -0.318 e. The molecule has 2 nitrogen and oxygen atoms in total. The molecule has 0 aromatic heterocycles. The predicted molar refractivity (Wildman–Crippen MR) is 88.6 cm³/mol. The molecular formula is C17H23ClN2. The molecule has 1 unspecified atom stereocenters. The molecule has 0 amide bonds. The fraction of sp³-hybridized carbons (Fsp3) is 0.412. The number of nitrogens with one attached hydrogen (secondary N) is 1. The molecular weight excluding hydrogens is 268 g/mol. The molecule has 0 spiro atoms. The van der Waals surface area contributed by atoms with Crippen LogP contribution in [0.2, 0.25) is 0 Å². The van der Waals surface area contributed by atoms with E-state index in [1.807, 2.05) is 7.05 Å². The maximum atomic E-state index is 3.31. The lowest BCUT2D eigenvalue weighted by atomic mass is 10.1. The number of benzene rings is 2. The number of hydrogen-bond acceptors (Lipinski definition) is 2. The highest BCUT2D eigenvalue weighted by Crippen LogP contribution is 2.22. The van der Waals surface area contributed by atoms with Gasteiger partial charge in [-0.25, -0.2) is 0 Å². The van der Waals surface area contributed by atoms with Crippen molar-refractivity contribution in [3.8, 4) is 0 Å². The van der Waals surface area contributed by atoms with E-state index in [4.69, 9.17) is 0 Å². The van der Waals surface area contributed by atoms with E-state index < -0.39 is 0 Å². The van der Waals surface area contributed by atoms with Gasteiger partial charge in [0.15, 0.2) is 0 Å². The third kappa shape index (κ3) is 3.32. The lowest BCUT2D eigenvalue weighted by Crippen LogP contribution is -2.36. The largest absolute Gasteiger partial charge is 0.318 e. The Hall–Kier alpha value is -1.09. The second-order valence-electron chi connectivity index (χ2n) is 5.51. The van der Waals surface area contributed by atoms with Crippen molar-refractivity contribution in [2.75, 3.05) is 20.1 Å². The van der Waals surface area contributed by atoms with Crippen LogP contribution in [0.3, 0.4) is 0 Å². The highest BCUT2D eigenvalue weighted by Gasteiger charge is 2.23. The monoisotopic (exact) mass is 290 g/mol. The molecule has 1 aliphatic heterocycles. The second-order valence-corrected chi connectivity index (χ2v) is 5.51. The number of rotatable bonds is 4. The van der Waals surface area contributed by atoms with Gasteiger partial charge in [-0.3, -0.25) is 4.90 Å². The van der Waals surface area contributed by atoms with Crippen molar-refractivity contribution in [1.82, 2.24) is 10.2 Å². The van der Waals surface area contributed by atoms with Gasteiger partial charge in [0, 0.05) is 19.1 Å². The summed E-state index contributed by atoms with van der Waals surface area (Å²) >= 11 is 0. The van der Waals surface area contributed by atoms with Gasteiger partial charge in [0.1, 0.15) is 0 Å². The third-order valence-electron chi connectivity index (χ3n) is 4.14. The standard InChI is InChI=1S/C17H22N2.ClH/c1-18-12-17-7-4-10-19(17)13-14-8-9-15-5-2-3-6-16(15)11-14;/h2-3,5-6,8-9,11,17-18H,4,7,10,12-13H2,1H3;1H. The smallest absolute Gasteiger partial charge is 0.0237 e. The first kappa shape index (κ1) is 15.3. The fourth-order valence-electron chi connectivity index (χ4n) is 3.14. The van der Waals surface area contributed by atoms with Gasteiger partial charge in [0.05, 0.1) is 0 Å². The summed E-state index contributed by atoms with van der Waals surface area (Å²) in [6.45, 7) is 3.42. The van der Waals surface area contributed by atoms with E-state index >= 15 is 0 Å². The first-order valence-electron chi connectivity index (χ1n) is 7.23. The maximum Gasteiger partial charge on any atom is 0.0237 e. The minimum absolute atomic E-state index is 0. The minimum atomic E-state index is 0. The number of likely N-dealkylation sites (N-methyl/N-ethyl adjacent to an activating group) is 1. The van der Waals surface area contributed by atoms with Gasteiger partial charge in [0.25, 0.3) is 0 Å². The molecule has 3 rings (SSSR count). The molecule has 1 saturated heterocycles. The topological polar surface area (TPSA) is 15.3 Å². The number of fused-ring (bicyclic) bond motifs is 1. The van der Waals surface area contributed by atoms with Crippen LogP contribution in [-0.4, -0.2) is 31.1 Å². The molecule has 1 atom stereocenters. The molecule has 0 saturated carbocycles. The molecule has 2 aromatic carbocycles. The van der Waals surface area contributed by atoms with E-state index in [-0.39, 0.29) is 12.4 Å². The van der Waals surface area contributed by atoms with Gasteiger partial charge >= 0.3 is 0 Å². The molecule has 0 radical (unpaired) electrons. The first-order valence-corrected chi connectivity index (χ1v) is 7.23. The van der Waals surface area contributed by atoms with Crippen molar-refractivity contribution in [2.45, 2.75) is 25.4 Å². The highest BCUT2D eigenvalue weighted by atomic mass is 35.5. The summed E-state index contributed by atoms with van der Waals surface area (Å²) < 4.78 is 0. The van der Waals surface area contributed by atoms with Crippen LogP contribution in [-0.2, 0) is 6.54 Å². The average molecular weight is 291 g/mol. The van der Waals surface area contributed by atoms with Crippen molar-refractivity contribution < 1.29 is 0 Å². The Balaban J connectivity index is 0.00000147. The Morgan fingerprint density at radius 2 is 1.95 bits per heavy atom. The highest BCUT2D eigenvalue weighted by molar-refractivity contribution is 5.85. The maximum absolute atomic E-state index is 3.31. The molecule has 1 heterocycles. The Morgan fingerprint density at radius 1 is 1.15 bits per heavy atom. The summed E-state index contributed by atoms with van der Waals surface area (Å²) in [6.07, 6.45) is 2.66. The van der Waals surface area contributed by atoms with Crippen LogP contribution < -0.4 is 5.32 Å². The molecule has 20 heavy (non-hydrogen) atoms. The number of hydrogen-bond donors (Lipinski definition) is 1. The Kier molecular flexibility index (Phi) is 5.41. The Bertz CT molecular complexity index is 555. The van der Waals surface area contributed by atoms with Crippen LogP contribution in [0.15, 0.2) is 42.5 Å². The summed E-state index contributed by atoms with van der Waals surface area (Å²) in [7, 11) is 2.05. The summed E-state index contributed by atoms with van der Waals surface area (Å²) in [6, 6.07) is 16.2. The van der Waals surface area contributed by atoms with Gasteiger partial charge in [-0.15, -0.1) is 12.4 Å². The van der Waals surface area contributed by atoms with E-state index in [9.17, 15) is 0 Å². The molecule has 108 valence electrons.